The number of benzene rings is 1. The van der Waals surface area contributed by atoms with Crippen molar-refractivity contribution in [3.8, 4) is 0 Å². The van der Waals surface area contributed by atoms with Gasteiger partial charge in [-0.1, -0.05) is 23.7 Å². The van der Waals surface area contributed by atoms with E-state index >= 15 is 0 Å². The number of hydrogen-bond donors (Lipinski definition) is 1. The van der Waals surface area contributed by atoms with Crippen LogP contribution in [0, 0.1) is 5.82 Å². The number of thiophene rings is 1. The average molecular weight is 446 g/mol. The van der Waals surface area contributed by atoms with E-state index in [1.165, 1.54) is 39.5 Å². The van der Waals surface area contributed by atoms with Gasteiger partial charge in [0.25, 0.3) is 15.9 Å². The maximum atomic E-state index is 13.6. The molecular weight excluding hydrogens is 429 g/mol. The second kappa shape index (κ2) is 8.56. The highest BCUT2D eigenvalue weighted by atomic mass is 35.5. The lowest BCUT2D eigenvalue weighted by Gasteiger charge is -2.33. The van der Waals surface area contributed by atoms with Gasteiger partial charge in [0.05, 0.1) is 16.4 Å². The summed E-state index contributed by atoms with van der Waals surface area (Å²) < 4.78 is 40.6. The normalized spacial score (nSPS) is 15.4. The Morgan fingerprint density at radius 2 is 1.79 bits per heavy atom. The molecule has 150 valence electrons. The van der Waals surface area contributed by atoms with Crippen molar-refractivity contribution >= 4 is 44.8 Å². The summed E-state index contributed by atoms with van der Waals surface area (Å²) in [7, 11) is -3.64. The van der Waals surface area contributed by atoms with Crippen LogP contribution >= 0.6 is 22.9 Å². The van der Waals surface area contributed by atoms with Gasteiger partial charge in [-0.15, -0.1) is 11.3 Å². The van der Waals surface area contributed by atoms with Gasteiger partial charge in [-0.2, -0.15) is 4.31 Å². The Morgan fingerprint density at radius 3 is 2.39 bits per heavy atom. The molecule has 0 aliphatic carbocycles. The Bertz CT molecular complexity index is 988. The van der Waals surface area contributed by atoms with Crippen molar-refractivity contribution < 1.29 is 22.4 Å². The van der Waals surface area contributed by atoms with Gasteiger partial charge in [-0.25, -0.2) is 12.8 Å². The zero-order valence-electron chi connectivity index (χ0n) is 14.6. The molecule has 1 aliphatic heterocycles. The van der Waals surface area contributed by atoms with Gasteiger partial charge >= 0.3 is 0 Å². The van der Waals surface area contributed by atoms with Crippen LogP contribution in [-0.2, 0) is 14.8 Å². The minimum absolute atomic E-state index is 0.138. The van der Waals surface area contributed by atoms with Crippen LogP contribution < -0.4 is 5.32 Å². The topological polar surface area (TPSA) is 86.8 Å². The Morgan fingerprint density at radius 1 is 1.11 bits per heavy atom. The minimum Gasteiger partial charge on any atom is -0.343 e. The smallest absolute Gasteiger partial charge is 0.254 e. The van der Waals surface area contributed by atoms with Crippen LogP contribution in [0.2, 0.25) is 4.34 Å². The number of halogens is 2. The zero-order chi connectivity index (χ0) is 20.3. The molecular formula is C17H17ClFN3O4S2. The SMILES string of the molecule is O=C(NCC(=O)N1CCN(S(=O)(=O)c2ccc(Cl)s2)CC1)c1ccccc1F. The fourth-order valence-corrected chi connectivity index (χ4v) is 5.81. The van der Waals surface area contributed by atoms with Crippen LogP contribution in [-0.4, -0.2) is 62.2 Å². The van der Waals surface area contributed by atoms with E-state index in [-0.39, 0.29) is 48.4 Å². The third-order valence-electron chi connectivity index (χ3n) is 4.25. The van der Waals surface area contributed by atoms with Crippen molar-refractivity contribution in [2.45, 2.75) is 4.21 Å². The quantitative estimate of drug-likeness (QED) is 0.760. The number of amides is 2. The van der Waals surface area contributed by atoms with E-state index in [2.05, 4.69) is 5.32 Å². The summed E-state index contributed by atoms with van der Waals surface area (Å²) >= 11 is 6.79. The van der Waals surface area contributed by atoms with Crippen LogP contribution in [0.4, 0.5) is 4.39 Å². The van der Waals surface area contributed by atoms with Gasteiger partial charge in [0.15, 0.2) is 0 Å². The van der Waals surface area contributed by atoms with Crippen LogP contribution in [0.3, 0.4) is 0 Å². The molecule has 11 heteroatoms. The second-order valence-corrected chi connectivity index (χ2v) is 9.89. The molecule has 0 bridgehead atoms. The molecule has 1 saturated heterocycles. The molecule has 0 saturated carbocycles. The number of sulfonamides is 1. The molecule has 28 heavy (non-hydrogen) atoms. The number of carbonyl (C=O) groups is 2. The minimum atomic E-state index is -3.64. The highest BCUT2D eigenvalue weighted by Gasteiger charge is 2.31. The largest absolute Gasteiger partial charge is 0.343 e. The molecule has 7 nitrogen and oxygen atoms in total. The fourth-order valence-electron chi connectivity index (χ4n) is 2.75. The van der Waals surface area contributed by atoms with E-state index in [1.54, 1.807) is 0 Å². The van der Waals surface area contributed by atoms with Gasteiger partial charge in [0, 0.05) is 26.2 Å². The van der Waals surface area contributed by atoms with Gasteiger partial charge in [-0.3, -0.25) is 9.59 Å². The first kappa shape index (κ1) is 20.7. The monoisotopic (exact) mass is 445 g/mol. The number of carbonyl (C=O) groups excluding carboxylic acids is 2. The van der Waals surface area contributed by atoms with Crippen molar-refractivity contribution in [2.75, 3.05) is 32.7 Å². The summed E-state index contributed by atoms with van der Waals surface area (Å²) in [5.74, 6) is -1.71. The summed E-state index contributed by atoms with van der Waals surface area (Å²) in [5, 5.41) is 2.39. The van der Waals surface area contributed by atoms with Gasteiger partial charge in [0.1, 0.15) is 10.0 Å². The third kappa shape index (κ3) is 4.52. The van der Waals surface area contributed by atoms with Crippen molar-refractivity contribution in [3.05, 3.63) is 52.1 Å². The summed E-state index contributed by atoms with van der Waals surface area (Å²) in [6, 6.07) is 8.47. The number of hydrogen-bond acceptors (Lipinski definition) is 5. The van der Waals surface area contributed by atoms with E-state index in [4.69, 9.17) is 11.6 Å². The Hall–Kier alpha value is -2.01. The Kier molecular flexibility index (Phi) is 6.33. The molecule has 1 aromatic heterocycles. The lowest BCUT2D eigenvalue weighted by molar-refractivity contribution is -0.131. The van der Waals surface area contributed by atoms with Crippen LogP contribution in [0.15, 0.2) is 40.6 Å². The average Bonchev–Trinajstić information content (AvgIpc) is 3.13. The summed E-state index contributed by atoms with van der Waals surface area (Å²) in [6.45, 7) is 0.398. The first-order valence-electron chi connectivity index (χ1n) is 8.35. The Labute approximate surface area is 170 Å². The number of nitrogens with zero attached hydrogens (tertiary/aromatic N) is 2. The maximum absolute atomic E-state index is 13.6. The number of nitrogens with one attached hydrogen (secondary N) is 1. The van der Waals surface area contributed by atoms with Crippen molar-refractivity contribution in [3.63, 3.8) is 0 Å². The molecule has 2 heterocycles. The van der Waals surface area contributed by atoms with E-state index in [9.17, 15) is 22.4 Å². The molecule has 0 atom stereocenters. The lowest BCUT2D eigenvalue weighted by atomic mass is 10.2. The molecule has 0 spiro atoms. The molecule has 1 aliphatic rings. The number of piperazine rings is 1. The standard InChI is InChI=1S/C17H17ClFN3O4S2/c18-14-5-6-16(27-14)28(25,26)22-9-7-21(8-10-22)15(23)11-20-17(24)12-3-1-2-4-13(12)19/h1-6H,7-11H2,(H,20,24). The fraction of sp³-hybridized carbons (Fsp3) is 0.294. The zero-order valence-corrected chi connectivity index (χ0v) is 17.0. The summed E-state index contributed by atoms with van der Waals surface area (Å²) in [6.07, 6.45) is 0. The number of rotatable bonds is 5. The second-order valence-electron chi connectivity index (χ2n) is 6.01. The molecule has 0 unspecified atom stereocenters. The maximum Gasteiger partial charge on any atom is 0.254 e. The highest BCUT2D eigenvalue weighted by Crippen LogP contribution is 2.28. The molecule has 0 radical (unpaired) electrons. The molecule has 3 rings (SSSR count). The van der Waals surface area contributed by atoms with Gasteiger partial charge < -0.3 is 10.2 Å². The molecule has 1 aromatic carbocycles. The lowest BCUT2D eigenvalue weighted by Crippen LogP contribution is -2.52. The van der Waals surface area contributed by atoms with Crippen LogP contribution in [0.5, 0.6) is 0 Å². The predicted octanol–water partition coefficient (Wildman–Crippen LogP) is 1.80. The van der Waals surface area contributed by atoms with Crippen molar-refractivity contribution in [2.24, 2.45) is 0 Å². The summed E-state index contributed by atoms with van der Waals surface area (Å²) in [4.78, 5) is 25.7. The van der Waals surface area contributed by atoms with Gasteiger partial charge in [-0.05, 0) is 24.3 Å². The molecule has 2 aromatic rings. The van der Waals surface area contributed by atoms with Crippen molar-refractivity contribution in [1.82, 2.24) is 14.5 Å². The van der Waals surface area contributed by atoms with E-state index in [0.717, 1.165) is 17.4 Å². The first-order chi connectivity index (χ1) is 13.3. The third-order valence-corrected chi connectivity index (χ3v) is 7.85. The summed E-state index contributed by atoms with van der Waals surface area (Å²) in [5.41, 5.74) is -0.138. The Balaban J connectivity index is 1.53. The van der Waals surface area contributed by atoms with E-state index in [1.807, 2.05) is 0 Å². The van der Waals surface area contributed by atoms with Gasteiger partial charge in [0.2, 0.25) is 5.91 Å². The molecule has 1 N–H and O–H groups in total. The molecule has 1 fully saturated rings. The van der Waals surface area contributed by atoms with E-state index in [0.29, 0.717) is 4.34 Å². The molecule has 2 amide bonds. The predicted molar refractivity (Wildman–Crippen MR) is 103 cm³/mol. The van der Waals surface area contributed by atoms with Crippen LogP contribution in [0.25, 0.3) is 0 Å². The highest BCUT2D eigenvalue weighted by molar-refractivity contribution is 7.91. The van der Waals surface area contributed by atoms with Crippen molar-refractivity contribution in [1.29, 1.82) is 0 Å². The van der Waals surface area contributed by atoms with Crippen LogP contribution in [0.1, 0.15) is 10.4 Å². The first-order valence-corrected chi connectivity index (χ1v) is 11.0. The van der Waals surface area contributed by atoms with E-state index < -0.39 is 21.7 Å².